The van der Waals surface area contributed by atoms with E-state index in [9.17, 15) is 0 Å². The average Bonchev–Trinajstić information content (AvgIpc) is 1.66. The van der Waals surface area contributed by atoms with Crippen LogP contribution in [0, 0.1) is 0 Å². The van der Waals surface area contributed by atoms with Crippen molar-refractivity contribution in [3.63, 3.8) is 0 Å². The summed E-state index contributed by atoms with van der Waals surface area (Å²) < 4.78 is 1.64. The van der Waals surface area contributed by atoms with E-state index >= 15 is 0 Å². The number of hydrogen-bond donors (Lipinski definition) is 0. The van der Waals surface area contributed by atoms with Crippen molar-refractivity contribution in [3.8, 4) is 0 Å². The van der Waals surface area contributed by atoms with Crippen LogP contribution in [0.4, 0.5) is 0 Å². The molecule has 0 aliphatic heterocycles. The third-order valence-corrected chi connectivity index (χ3v) is 2.25. The van der Waals surface area contributed by atoms with Crippen LogP contribution in [0.5, 0.6) is 0 Å². The highest BCUT2D eigenvalue weighted by atomic mass is 127. The normalized spacial score (nSPS) is 13.8. The van der Waals surface area contributed by atoms with Gasteiger partial charge >= 0.3 is 0 Å². The number of hydrogen-bond acceptors (Lipinski definition) is 0. The molecule has 0 heterocycles. The van der Waals surface area contributed by atoms with Crippen molar-refractivity contribution in [1.29, 1.82) is 0 Å². The summed E-state index contributed by atoms with van der Waals surface area (Å²) in [5.41, 5.74) is 0. The van der Waals surface area contributed by atoms with Crippen LogP contribution >= 0.6 is 45.2 Å². The zero-order valence-electron chi connectivity index (χ0n) is 4.74. The molecule has 1 atom stereocenters. The summed E-state index contributed by atoms with van der Waals surface area (Å²) in [6.07, 6.45) is 3.77. The first-order valence-electron chi connectivity index (χ1n) is 2.73. The summed E-state index contributed by atoms with van der Waals surface area (Å²) in [5.74, 6) is 0. The Labute approximate surface area is 79.9 Å². The second-order valence-electron chi connectivity index (χ2n) is 1.70. The van der Waals surface area contributed by atoms with Crippen LogP contribution in [0.15, 0.2) is 0 Å². The average molecular weight is 334 g/mol. The van der Waals surface area contributed by atoms with Crippen molar-refractivity contribution in [1.82, 2.24) is 0 Å². The van der Waals surface area contributed by atoms with E-state index in [0.717, 1.165) is 0 Å². The molecule has 0 fully saturated rings. The van der Waals surface area contributed by atoms with Gasteiger partial charge in [-0.3, -0.25) is 0 Å². The third-order valence-electron chi connectivity index (χ3n) is 0.864. The van der Waals surface area contributed by atoms with E-state index in [1.54, 1.807) is 0 Å². The molecule has 1 unspecified atom stereocenters. The molecule has 0 saturated carbocycles. The Balaban J connectivity index is 2.72. The van der Waals surface area contributed by atoms with Gasteiger partial charge in [-0.05, 0) is 21.1 Å². The maximum Gasteiger partial charge on any atom is 0.0842 e. The highest BCUT2D eigenvalue weighted by Gasteiger charge is 1.92. The Morgan fingerprint density at radius 2 is 2.00 bits per heavy atom. The molecule has 0 aromatic heterocycles. The maximum atomic E-state index is 5.52. The van der Waals surface area contributed by atoms with Gasteiger partial charge in [-0.2, -0.15) is 0 Å². The highest BCUT2D eigenvalue weighted by Crippen LogP contribution is 2.06. The molecule has 0 aromatic rings. The van der Waals surface area contributed by atoms with Crippen molar-refractivity contribution < 1.29 is 0 Å². The van der Waals surface area contributed by atoms with Gasteiger partial charge in [0.2, 0.25) is 0 Å². The van der Waals surface area contributed by atoms with Crippen molar-refractivity contribution in [2.45, 2.75) is 23.1 Å². The van der Waals surface area contributed by atoms with Crippen molar-refractivity contribution in [2.24, 2.45) is 0 Å². The number of alkyl halides is 2. The predicted octanol–water partition coefficient (Wildman–Crippen LogP) is 2.52. The van der Waals surface area contributed by atoms with E-state index in [-0.39, 0.29) is 0 Å². The molecule has 0 aliphatic rings. The van der Waals surface area contributed by atoms with Crippen molar-refractivity contribution in [3.05, 3.63) is 0 Å². The Kier molecular flexibility index (Phi) is 7.91. The van der Waals surface area contributed by atoms with Gasteiger partial charge in [-0.25, -0.2) is 0 Å². The van der Waals surface area contributed by atoms with Crippen LogP contribution in [0.2, 0.25) is 0 Å². The lowest BCUT2D eigenvalue weighted by Crippen LogP contribution is -1.94. The van der Waals surface area contributed by atoms with Crippen LogP contribution in [0.1, 0.15) is 19.3 Å². The van der Waals surface area contributed by atoms with E-state index in [4.69, 9.17) is 7.85 Å². The number of halogens is 2. The molecule has 0 bridgehead atoms. The third kappa shape index (κ3) is 7.52. The van der Waals surface area contributed by atoms with E-state index < -0.39 is 0 Å². The monoisotopic (exact) mass is 334 g/mol. The van der Waals surface area contributed by atoms with Gasteiger partial charge in [0.25, 0.3) is 0 Å². The predicted molar refractivity (Wildman–Crippen MR) is 56.3 cm³/mol. The van der Waals surface area contributed by atoms with Gasteiger partial charge in [0.15, 0.2) is 0 Å². The minimum Gasteiger partial charge on any atom is -0.0932 e. The molecule has 2 radical (unpaired) electrons. The highest BCUT2D eigenvalue weighted by molar-refractivity contribution is 14.1. The molecule has 0 saturated heterocycles. The molecular weight excluding hydrogens is 325 g/mol. The standard InChI is InChI=1S/C5H9BI2/c6-5(8)3-1-2-4-7/h5H,1-4H2. The molecule has 0 spiro atoms. The summed E-state index contributed by atoms with van der Waals surface area (Å²) in [7, 11) is 5.52. The lowest BCUT2D eigenvalue weighted by Gasteiger charge is -1.98. The lowest BCUT2D eigenvalue weighted by molar-refractivity contribution is 0.780. The molecule has 0 rings (SSSR count). The fourth-order valence-corrected chi connectivity index (χ4v) is 1.41. The molecule has 46 valence electrons. The van der Waals surface area contributed by atoms with Gasteiger partial charge in [-0.1, -0.05) is 51.6 Å². The fourth-order valence-electron chi connectivity index (χ4n) is 0.434. The molecule has 8 heavy (non-hydrogen) atoms. The van der Waals surface area contributed by atoms with Crippen molar-refractivity contribution >= 4 is 53.0 Å². The lowest BCUT2D eigenvalue weighted by atomic mass is 10.00. The first-order chi connectivity index (χ1) is 3.77. The van der Waals surface area contributed by atoms with Gasteiger partial charge in [0.05, 0.1) is 7.85 Å². The summed E-state index contributed by atoms with van der Waals surface area (Å²) >= 11 is 4.65. The Hall–Kier alpha value is 1.52. The smallest absolute Gasteiger partial charge is 0.0842 e. The molecule has 0 amide bonds. The van der Waals surface area contributed by atoms with E-state index in [2.05, 4.69) is 45.2 Å². The van der Waals surface area contributed by atoms with E-state index in [1.165, 1.54) is 23.7 Å². The quantitative estimate of drug-likeness (QED) is 0.321. The van der Waals surface area contributed by atoms with E-state index in [0.29, 0.717) is 3.82 Å². The summed E-state index contributed by atoms with van der Waals surface area (Å²) in [6, 6.07) is 0. The van der Waals surface area contributed by atoms with Crippen LogP contribution < -0.4 is 0 Å². The van der Waals surface area contributed by atoms with Crippen LogP contribution in [-0.4, -0.2) is 16.1 Å². The molecule has 0 N–H and O–H groups in total. The minimum absolute atomic E-state index is 0.371. The summed E-state index contributed by atoms with van der Waals surface area (Å²) in [5, 5.41) is 0. The van der Waals surface area contributed by atoms with Crippen LogP contribution in [-0.2, 0) is 0 Å². The second kappa shape index (κ2) is 6.64. The Morgan fingerprint density at radius 1 is 1.38 bits per heavy atom. The molecular formula is C5H9BI2. The first-order valence-corrected chi connectivity index (χ1v) is 5.50. The number of rotatable bonds is 4. The Morgan fingerprint density at radius 3 is 2.38 bits per heavy atom. The maximum absolute atomic E-state index is 5.52. The molecule has 0 nitrogen and oxygen atoms in total. The molecule has 0 aromatic carbocycles. The fraction of sp³-hybridized carbons (Fsp3) is 1.00. The summed E-state index contributed by atoms with van der Waals surface area (Å²) in [6.45, 7) is 0. The molecule has 3 heteroatoms. The minimum atomic E-state index is 0.371. The van der Waals surface area contributed by atoms with Crippen molar-refractivity contribution in [2.75, 3.05) is 4.43 Å². The van der Waals surface area contributed by atoms with Gasteiger partial charge in [-0.15, -0.1) is 0 Å². The van der Waals surface area contributed by atoms with Crippen LogP contribution in [0.25, 0.3) is 0 Å². The first kappa shape index (κ1) is 9.52. The van der Waals surface area contributed by atoms with Crippen LogP contribution in [0.3, 0.4) is 0 Å². The van der Waals surface area contributed by atoms with E-state index in [1.807, 2.05) is 0 Å². The number of unbranched alkanes of at least 4 members (excludes halogenated alkanes) is 1. The van der Waals surface area contributed by atoms with Gasteiger partial charge in [0, 0.05) is 0 Å². The van der Waals surface area contributed by atoms with Gasteiger partial charge < -0.3 is 0 Å². The summed E-state index contributed by atoms with van der Waals surface area (Å²) in [4.78, 5) is 0. The second-order valence-corrected chi connectivity index (χ2v) is 4.38. The zero-order chi connectivity index (χ0) is 6.41. The van der Waals surface area contributed by atoms with Gasteiger partial charge in [0.1, 0.15) is 0 Å². The molecule has 0 aliphatic carbocycles. The SMILES string of the molecule is [B]C(I)CCCCI. The largest absolute Gasteiger partial charge is 0.0932 e. The Bertz CT molecular complexity index is 47.7. The topological polar surface area (TPSA) is 0 Å². The zero-order valence-corrected chi connectivity index (χ0v) is 9.05.